The number of halogens is 2. The van der Waals surface area contributed by atoms with Crippen LogP contribution < -0.4 is 4.90 Å². The molecule has 3 aliphatic heterocycles. The van der Waals surface area contributed by atoms with Crippen molar-refractivity contribution >= 4 is 29.3 Å². The van der Waals surface area contributed by atoms with E-state index in [1.165, 1.54) is 4.90 Å². The van der Waals surface area contributed by atoms with E-state index in [2.05, 4.69) is 6.08 Å². The average molecular weight is 285 g/mol. The predicted molar refractivity (Wildman–Crippen MR) is 73.9 cm³/mol. The van der Waals surface area contributed by atoms with Gasteiger partial charge in [-0.1, -0.05) is 29.3 Å². The first-order valence-electron chi connectivity index (χ1n) is 6.35. The number of hydrogen-bond acceptors (Lipinski definition) is 1. The molecule has 2 N–H and O–H groups in total. The highest BCUT2D eigenvalue weighted by Crippen LogP contribution is 2.27. The van der Waals surface area contributed by atoms with Crippen LogP contribution in [0.1, 0.15) is 18.4 Å². The van der Waals surface area contributed by atoms with E-state index in [0.29, 0.717) is 16.0 Å². The van der Waals surface area contributed by atoms with Crippen molar-refractivity contribution in [2.24, 2.45) is 5.92 Å². The normalized spacial score (nSPS) is 33.1. The molecule has 0 amide bonds. The van der Waals surface area contributed by atoms with Gasteiger partial charge in [0.05, 0.1) is 23.1 Å². The van der Waals surface area contributed by atoms with Gasteiger partial charge in [0.2, 0.25) is 0 Å². The van der Waals surface area contributed by atoms with Crippen molar-refractivity contribution in [1.29, 1.82) is 0 Å². The number of quaternary nitrogens is 1. The molecule has 1 aromatic rings. The molecular formula is C14H16Cl2NO+. The Hall–Kier alpha value is -0.540. The SMILES string of the molecule is O[C@@H]1/C(=C/c2ccc(Cl)c(Cl)c2)[NH+]2CCC1CC2. The fourth-order valence-electron chi connectivity index (χ4n) is 3.03. The molecule has 3 saturated heterocycles. The molecule has 96 valence electrons. The summed E-state index contributed by atoms with van der Waals surface area (Å²) in [5.41, 5.74) is 2.12. The highest BCUT2D eigenvalue weighted by Gasteiger charge is 2.41. The van der Waals surface area contributed by atoms with Crippen molar-refractivity contribution in [3.05, 3.63) is 39.5 Å². The van der Waals surface area contributed by atoms with Crippen LogP contribution in [0.2, 0.25) is 10.0 Å². The number of piperidine rings is 3. The van der Waals surface area contributed by atoms with Crippen molar-refractivity contribution in [2.45, 2.75) is 18.9 Å². The zero-order chi connectivity index (χ0) is 12.7. The molecule has 1 aromatic carbocycles. The van der Waals surface area contributed by atoms with Gasteiger partial charge in [-0.05, 0) is 17.7 Å². The molecule has 1 atom stereocenters. The van der Waals surface area contributed by atoms with Crippen LogP contribution >= 0.6 is 23.2 Å². The Labute approximate surface area is 117 Å². The average Bonchev–Trinajstić information content (AvgIpc) is 2.38. The number of aliphatic hydroxyl groups is 1. The zero-order valence-corrected chi connectivity index (χ0v) is 11.5. The van der Waals surface area contributed by atoms with Crippen molar-refractivity contribution < 1.29 is 10.0 Å². The van der Waals surface area contributed by atoms with Crippen LogP contribution in [0.15, 0.2) is 23.9 Å². The maximum absolute atomic E-state index is 10.3. The lowest BCUT2D eigenvalue weighted by atomic mass is 9.83. The van der Waals surface area contributed by atoms with Gasteiger partial charge in [-0.15, -0.1) is 0 Å². The highest BCUT2D eigenvalue weighted by molar-refractivity contribution is 6.42. The molecule has 4 heteroatoms. The van der Waals surface area contributed by atoms with E-state index < -0.39 is 0 Å². The van der Waals surface area contributed by atoms with Gasteiger partial charge in [0, 0.05) is 24.8 Å². The first kappa shape index (κ1) is 12.5. The Morgan fingerprint density at radius 2 is 1.89 bits per heavy atom. The maximum Gasteiger partial charge on any atom is 0.137 e. The molecule has 18 heavy (non-hydrogen) atoms. The maximum atomic E-state index is 10.3. The Kier molecular flexibility index (Phi) is 3.37. The van der Waals surface area contributed by atoms with Gasteiger partial charge in [-0.3, -0.25) is 0 Å². The van der Waals surface area contributed by atoms with E-state index in [4.69, 9.17) is 23.2 Å². The Morgan fingerprint density at radius 3 is 2.50 bits per heavy atom. The predicted octanol–water partition coefficient (Wildman–Crippen LogP) is 2.00. The molecule has 0 spiro atoms. The number of benzene rings is 1. The van der Waals surface area contributed by atoms with Gasteiger partial charge in [-0.25, -0.2) is 0 Å². The highest BCUT2D eigenvalue weighted by atomic mass is 35.5. The minimum Gasteiger partial charge on any atom is -0.383 e. The smallest absolute Gasteiger partial charge is 0.137 e. The number of rotatable bonds is 1. The summed E-state index contributed by atoms with van der Waals surface area (Å²) in [4.78, 5) is 1.41. The van der Waals surface area contributed by atoms with E-state index in [9.17, 15) is 5.11 Å². The third-order valence-corrected chi connectivity index (χ3v) is 4.81. The fraction of sp³-hybridized carbons (Fsp3) is 0.429. The molecule has 0 unspecified atom stereocenters. The minimum atomic E-state index is -0.294. The summed E-state index contributed by atoms with van der Waals surface area (Å²) in [6, 6.07) is 5.59. The van der Waals surface area contributed by atoms with Crippen LogP contribution in [0.3, 0.4) is 0 Å². The van der Waals surface area contributed by atoms with Gasteiger partial charge in [0.25, 0.3) is 0 Å². The number of aliphatic hydroxyl groups excluding tert-OH is 1. The number of nitrogens with one attached hydrogen (secondary N) is 1. The van der Waals surface area contributed by atoms with E-state index in [1.807, 2.05) is 12.1 Å². The van der Waals surface area contributed by atoms with Gasteiger partial charge >= 0.3 is 0 Å². The van der Waals surface area contributed by atoms with Crippen LogP contribution in [-0.4, -0.2) is 24.3 Å². The summed E-state index contributed by atoms with van der Waals surface area (Å²) >= 11 is 11.9. The second-order valence-corrected chi connectivity index (χ2v) is 5.97. The van der Waals surface area contributed by atoms with Crippen LogP contribution in [0.5, 0.6) is 0 Å². The molecule has 3 aliphatic rings. The molecule has 2 nitrogen and oxygen atoms in total. The largest absolute Gasteiger partial charge is 0.383 e. The van der Waals surface area contributed by atoms with Crippen LogP contribution in [0, 0.1) is 5.92 Å². The summed E-state index contributed by atoms with van der Waals surface area (Å²) < 4.78 is 0. The zero-order valence-electron chi connectivity index (χ0n) is 10.00. The molecule has 2 bridgehead atoms. The summed E-state index contributed by atoms with van der Waals surface area (Å²) in [6.07, 6.45) is 4.04. The van der Waals surface area contributed by atoms with Gasteiger partial charge in [0.1, 0.15) is 11.8 Å². The third kappa shape index (κ3) is 2.19. The van der Waals surface area contributed by atoms with Gasteiger partial charge in [-0.2, -0.15) is 0 Å². The van der Waals surface area contributed by atoms with E-state index in [0.717, 1.165) is 37.2 Å². The molecule has 0 aromatic heterocycles. The van der Waals surface area contributed by atoms with Gasteiger partial charge < -0.3 is 10.0 Å². The van der Waals surface area contributed by atoms with Crippen molar-refractivity contribution in [3.8, 4) is 0 Å². The Balaban J connectivity index is 1.93. The monoisotopic (exact) mass is 284 g/mol. The standard InChI is InChI=1S/C14H15Cl2NO/c15-11-2-1-9(7-12(11)16)8-13-14(18)10-3-5-17(13)6-4-10/h1-2,7-8,10,14,18H,3-6H2/p+1/b13-8-/t14-/m0/s1. The molecule has 0 aliphatic carbocycles. The van der Waals surface area contributed by atoms with E-state index in [-0.39, 0.29) is 6.10 Å². The van der Waals surface area contributed by atoms with Gasteiger partial charge in [0.15, 0.2) is 0 Å². The minimum absolute atomic E-state index is 0.294. The summed E-state index contributed by atoms with van der Waals surface area (Å²) in [7, 11) is 0. The number of fused-ring (bicyclic) bond motifs is 3. The first-order chi connectivity index (χ1) is 8.65. The molecule has 4 rings (SSSR count). The van der Waals surface area contributed by atoms with E-state index >= 15 is 0 Å². The molecule has 3 heterocycles. The molecule has 0 radical (unpaired) electrons. The molecular weight excluding hydrogens is 269 g/mol. The lowest BCUT2D eigenvalue weighted by Crippen LogP contribution is -3.14. The van der Waals surface area contributed by atoms with Crippen LogP contribution in [-0.2, 0) is 0 Å². The van der Waals surface area contributed by atoms with Crippen LogP contribution in [0.25, 0.3) is 6.08 Å². The second kappa shape index (κ2) is 4.86. The van der Waals surface area contributed by atoms with Crippen LogP contribution in [0.4, 0.5) is 0 Å². The fourth-order valence-corrected chi connectivity index (χ4v) is 3.33. The summed E-state index contributed by atoms with van der Waals surface area (Å²) in [5.74, 6) is 0.441. The third-order valence-electron chi connectivity index (χ3n) is 4.07. The summed E-state index contributed by atoms with van der Waals surface area (Å²) in [5, 5.41) is 11.4. The van der Waals surface area contributed by atoms with Crippen molar-refractivity contribution in [3.63, 3.8) is 0 Å². The first-order valence-corrected chi connectivity index (χ1v) is 7.10. The van der Waals surface area contributed by atoms with Crippen molar-refractivity contribution in [1.82, 2.24) is 0 Å². The quantitative estimate of drug-likeness (QED) is 0.810. The summed E-state index contributed by atoms with van der Waals surface area (Å²) in [6.45, 7) is 2.27. The topological polar surface area (TPSA) is 24.7 Å². The lowest BCUT2D eigenvalue weighted by molar-refractivity contribution is -0.880. The molecule has 0 saturated carbocycles. The second-order valence-electron chi connectivity index (χ2n) is 5.16. The Morgan fingerprint density at radius 1 is 1.17 bits per heavy atom. The molecule has 3 fully saturated rings. The van der Waals surface area contributed by atoms with Crippen molar-refractivity contribution in [2.75, 3.05) is 13.1 Å². The lowest BCUT2D eigenvalue weighted by Gasteiger charge is -2.41. The number of hydrogen-bond donors (Lipinski definition) is 2. The Bertz CT molecular complexity index is 489. The van der Waals surface area contributed by atoms with E-state index in [1.54, 1.807) is 6.07 Å².